The van der Waals surface area contributed by atoms with Gasteiger partial charge in [0.1, 0.15) is 11.5 Å². The number of likely N-dealkylation sites (tertiary alicyclic amines) is 1. The van der Waals surface area contributed by atoms with Gasteiger partial charge in [0, 0.05) is 50.1 Å². The zero-order valence-corrected chi connectivity index (χ0v) is 20.7. The smallest absolute Gasteiger partial charge is 0.273 e. The van der Waals surface area contributed by atoms with Gasteiger partial charge in [-0.05, 0) is 42.5 Å². The van der Waals surface area contributed by atoms with Crippen molar-refractivity contribution in [3.8, 4) is 0 Å². The van der Waals surface area contributed by atoms with E-state index in [-0.39, 0.29) is 35.7 Å². The third-order valence-electron chi connectivity index (χ3n) is 6.44. The van der Waals surface area contributed by atoms with Gasteiger partial charge in [0.15, 0.2) is 0 Å². The molecule has 0 aliphatic carbocycles. The Bertz CT molecular complexity index is 1220. The first-order chi connectivity index (χ1) is 17.3. The minimum Gasteiger partial charge on any atom is -0.342 e. The molecule has 0 radical (unpaired) electrons. The van der Waals surface area contributed by atoms with E-state index in [1.54, 1.807) is 41.6 Å². The summed E-state index contributed by atoms with van der Waals surface area (Å²) < 4.78 is 13.1. The Morgan fingerprint density at radius 3 is 2.39 bits per heavy atom. The number of benzene rings is 2. The first-order valence-corrected chi connectivity index (χ1v) is 12.6. The molecule has 1 aromatic heterocycles. The number of non-ortho nitro benzene ring substituents is 1. The molecule has 0 atom stereocenters. The summed E-state index contributed by atoms with van der Waals surface area (Å²) in [5.74, 6) is -0.239. The van der Waals surface area contributed by atoms with E-state index in [1.165, 1.54) is 35.6 Å². The molecule has 36 heavy (non-hydrogen) atoms. The van der Waals surface area contributed by atoms with E-state index in [2.05, 4.69) is 4.98 Å². The molecule has 1 aliphatic heterocycles. The van der Waals surface area contributed by atoms with E-state index < -0.39 is 4.92 Å². The third-order valence-corrected chi connectivity index (χ3v) is 7.44. The predicted octanol–water partition coefficient (Wildman–Crippen LogP) is 4.45. The second kappa shape index (κ2) is 11.4. The van der Waals surface area contributed by atoms with Crippen LogP contribution in [0.15, 0.2) is 53.9 Å². The molecule has 2 heterocycles. The van der Waals surface area contributed by atoms with E-state index in [4.69, 9.17) is 0 Å². The lowest BCUT2D eigenvalue weighted by Gasteiger charge is -2.31. The summed E-state index contributed by atoms with van der Waals surface area (Å²) in [5.41, 5.74) is 2.17. The fraction of sp³-hybridized carbons (Fsp3) is 0.346. The summed E-state index contributed by atoms with van der Waals surface area (Å²) in [6, 6.07) is 12.3. The Morgan fingerprint density at radius 1 is 1.11 bits per heavy atom. The summed E-state index contributed by atoms with van der Waals surface area (Å²) in [6.07, 6.45) is 2.41. The van der Waals surface area contributed by atoms with Gasteiger partial charge >= 0.3 is 0 Å². The largest absolute Gasteiger partial charge is 0.342 e. The molecule has 1 saturated heterocycles. The molecule has 0 bridgehead atoms. The van der Waals surface area contributed by atoms with Crippen LogP contribution >= 0.6 is 11.3 Å². The molecule has 2 amide bonds. The Balaban J connectivity index is 1.26. The minimum atomic E-state index is -0.436. The first kappa shape index (κ1) is 25.4. The average molecular weight is 511 g/mol. The highest BCUT2D eigenvalue weighted by Gasteiger charge is 2.27. The zero-order chi connectivity index (χ0) is 25.7. The Hall–Kier alpha value is -3.66. The highest BCUT2D eigenvalue weighted by atomic mass is 32.1. The second-order valence-electron chi connectivity index (χ2n) is 8.93. The molecule has 0 N–H and O–H groups in total. The fourth-order valence-electron chi connectivity index (χ4n) is 4.22. The van der Waals surface area contributed by atoms with Crippen molar-refractivity contribution < 1.29 is 18.9 Å². The van der Waals surface area contributed by atoms with Gasteiger partial charge in [-0.1, -0.05) is 24.3 Å². The molecule has 8 nitrogen and oxygen atoms in total. The summed E-state index contributed by atoms with van der Waals surface area (Å²) in [7, 11) is 1.72. The molecule has 4 rings (SSSR count). The Morgan fingerprint density at radius 2 is 1.75 bits per heavy atom. The molecule has 0 unspecified atom stereocenters. The van der Waals surface area contributed by atoms with Crippen LogP contribution in [0.1, 0.15) is 45.4 Å². The quantitative estimate of drug-likeness (QED) is 0.329. The van der Waals surface area contributed by atoms with Crippen molar-refractivity contribution in [3.63, 3.8) is 0 Å². The van der Waals surface area contributed by atoms with Crippen LogP contribution in [-0.2, 0) is 17.6 Å². The van der Waals surface area contributed by atoms with Crippen LogP contribution in [-0.4, -0.2) is 58.2 Å². The molecule has 10 heteroatoms. The number of halogens is 1. The van der Waals surface area contributed by atoms with Crippen molar-refractivity contribution in [2.24, 2.45) is 0 Å². The monoisotopic (exact) mass is 510 g/mol. The highest BCUT2D eigenvalue weighted by Crippen LogP contribution is 2.31. The molecule has 1 fully saturated rings. The number of hydrogen-bond donors (Lipinski definition) is 0. The predicted molar refractivity (Wildman–Crippen MR) is 135 cm³/mol. The van der Waals surface area contributed by atoms with Crippen LogP contribution in [0.2, 0.25) is 0 Å². The second-order valence-corrected chi connectivity index (χ2v) is 9.82. The van der Waals surface area contributed by atoms with Gasteiger partial charge < -0.3 is 9.80 Å². The average Bonchev–Trinajstić information content (AvgIpc) is 3.39. The lowest BCUT2D eigenvalue weighted by molar-refractivity contribution is -0.384. The number of aromatic nitrogens is 1. The van der Waals surface area contributed by atoms with Gasteiger partial charge in [-0.15, -0.1) is 11.3 Å². The molecule has 0 spiro atoms. The minimum absolute atomic E-state index is 0.0321. The number of thiazole rings is 1. The van der Waals surface area contributed by atoms with Crippen LogP contribution in [0.3, 0.4) is 0 Å². The van der Waals surface area contributed by atoms with Crippen molar-refractivity contribution in [1.82, 2.24) is 14.8 Å². The number of carbonyl (C=O) groups excluding carboxylic acids is 2. The number of nitrogens with zero attached hydrogens (tertiary/aromatic N) is 4. The van der Waals surface area contributed by atoms with Crippen LogP contribution in [0, 0.1) is 15.9 Å². The van der Waals surface area contributed by atoms with Gasteiger partial charge in [0.25, 0.3) is 11.6 Å². The van der Waals surface area contributed by atoms with Gasteiger partial charge in [0.2, 0.25) is 5.91 Å². The molecule has 3 aromatic rings. The van der Waals surface area contributed by atoms with Gasteiger partial charge in [-0.2, -0.15) is 0 Å². The molecule has 1 aliphatic rings. The van der Waals surface area contributed by atoms with Gasteiger partial charge in [-0.3, -0.25) is 19.7 Å². The Kier molecular flexibility index (Phi) is 8.04. The van der Waals surface area contributed by atoms with Crippen LogP contribution < -0.4 is 0 Å². The standard InChI is InChI=1S/C26H27FN4O4S/c1-29(13-10-18-4-8-22(9-5-18)31(34)35)26(33)23-17-36-25(28-23)20-11-14-30(15-12-20)24(32)16-19-2-6-21(27)7-3-19/h2-9,17,20H,10-16H2,1H3. The summed E-state index contributed by atoms with van der Waals surface area (Å²) in [4.78, 5) is 43.9. The third kappa shape index (κ3) is 6.31. The molecule has 0 saturated carbocycles. The van der Waals surface area contributed by atoms with E-state index in [0.717, 1.165) is 29.0 Å². The normalized spacial score (nSPS) is 14.0. The number of amides is 2. The highest BCUT2D eigenvalue weighted by molar-refractivity contribution is 7.09. The summed E-state index contributed by atoms with van der Waals surface area (Å²) in [6.45, 7) is 1.73. The van der Waals surface area contributed by atoms with E-state index in [1.807, 2.05) is 4.90 Å². The fourth-order valence-corrected chi connectivity index (χ4v) is 5.18. The van der Waals surface area contributed by atoms with Crippen LogP contribution in [0.5, 0.6) is 0 Å². The summed E-state index contributed by atoms with van der Waals surface area (Å²) in [5, 5.41) is 13.5. The number of nitro benzene ring substituents is 1. The maximum atomic E-state index is 13.1. The number of carbonyl (C=O) groups is 2. The SMILES string of the molecule is CN(CCc1ccc([N+](=O)[O-])cc1)C(=O)c1csc(C2CCN(C(=O)Cc3ccc(F)cc3)CC2)n1. The van der Waals surface area contributed by atoms with Crippen molar-refractivity contribution in [2.75, 3.05) is 26.7 Å². The van der Waals surface area contributed by atoms with Gasteiger partial charge in [-0.25, -0.2) is 9.37 Å². The molecule has 188 valence electrons. The lowest BCUT2D eigenvalue weighted by Crippen LogP contribution is -2.38. The topological polar surface area (TPSA) is 96.6 Å². The lowest BCUT2D eigenvalue weighted by atomic mass is 9.97. The van der Waals surface area contributed by atoms with Crippen molar-refractivity contribution in [1.29, 1.82) is 0 Å². The van der Waals surface area contributed by atoms with Crippen LogP contribution in [0.4, 0.5) is 10.1 Å². The summed E-state index contributed by atoms with van der Waals surface area (Å²) >= 11 is 1.47. The molecular weight excluding hydrogens is 483 g/mol. The molecular formula is C26H27FN4O4S. The van der Waals surface area contributed by atoms with E-state index >= 15 is 0 Å². The van der Waals surface area contributed by atoms with Crippen molar-refractivity contribution in [2.45, 2.75) is 31.6 Å². The zero-order valence-electron chi connectivity index (χ0n) is 19.9. The van der Waals surface area contributed by atoms with Crippen LogP contribution in [0.25, 0.3) is 0 Å². The number of nitro groups is 1. The Labute approximate surface area is 212 Å². The van der Waals surface area contributed by atoms with Gasteiger partial charge in [0.05, 0.1) is 16.4 Å². The number of hydrogen-bond acceptors (Lipinski definition) is 6. The maximum absolute atomic E-state index is 13.1. The number of piperidine rings is 1. The maximum Gasteiger partial charge on any atom is 0.273 e. The number of rotatable bonds is 8. The van der Waals surface area contributed by atoms with E-state index in [0.29, 0.717) is 31.7 Å². The molecule has 2 aromatic carbocycles. The van der Waals surface area contributed by atoms with Crippen molar-refractivity contribution in [3.05, 3.63) is 91.7 Å². The first-order valence-electron chi connectivity index (χ1n) is 11.8. The van der Waals surface area contributed by atoms with E-state index in [9.17, 15) is 24.1 Å². The number of likely N-dealkylation sites (N-methyl/N-ethyl adjacent to an activating group) is 1. The van der Waals surface area contributed by atoms with Crippen molar-refractivity contribution >= 4 is 28.8 Å².